The number of aliphatic hydroxyl groups is 1. The summed E-state index contributed by atoms with van der Waals surface area (Å²) in [6.45, 7) is 2.48. The van der Waals surface area contributed by atoms with Gasteiger partial charge >= 0.3 is 0 Å². The van der Waals surface area contributed by atoms with Crippen LogP contribution in [0.5, 0.6) is 0 Å². The number of nitrogens with zero attached hydrogens (tertiary/aromatic N) is 1. The summed E-state index contributed by atoms with van der Waals surface area (Å²) in [5, 5.41) is 13.0. The second-order valence-corrected chi connectivity index (χ2v) is 4.92. The highest BCUT2D eigenvalue weighted by atomic mass is 32.1. The Morgan fingerprint density at radius 1 is 1.79 bits per heavy atom. The second kappa shape index (κ2) is 3.61. The van der Waals surface area contributed by atoms with Gasteiger partial charge in [-0.05, 0) is 26.2 Å². The first kappa shape index (κ1) is 10.1. The summed E-state index contributed by atoms with van der Waals surface area (Å²) in [4.78, 5) is 4.46. The van der Waals surface area contributed by atoms with Crippen LogP contribution in [-0.4, -0.2) is 22.7 Å². The quantitative estimate of drug-likeness (QED) is 0.774. The third-order valence-corrected chi connectivity index (χ3v) is 4.33. The molecule has 1 aromatic rings. The summed E-state index contributed by atoms with van der Waals surface area (Å²) < 4.78 is 0. The lowest BCUT2D eigenvalue weighted by Gasteiger charge is -2.28. The molecular formula is C10H16N2OS. The number of nitrogens with two attached hydrogens (primary N) is 1. The zero-order chi connectivity index (χ0) is 10.2. The fraction of sp³-hybridized carbons (Fsp3) is 0.700. The molecule has 2 rings (SSSR count). The number of hydrogen-bond donors (Lipinski definition) is 2. The number of thiazole rings is 1. The molecular weight excluding hydrogens is 196 g/mol. The number of aliphatic hydroxyl groups excluding tert-OH is 1. The van der Waals surface area contributed by atoms with Gasteiger partial charge in [-0.25, -0.2) is 4.98 Å². The van der Waals surface area contributed by atoms with Crippen molar-refractivity contribution >= 4 is 11.3 Å². The van der Waals surface area contributed by atoms with Crippen LogP contribution in [0.2, 0.25) is 0 Å². The highest BCUT2D eigenvalue weighted by Crippen LogP contribution is 2.41. The highest BCUT2D eigenvalue weighted by molar-refractivity contribution is 7.09. The Hall–Kier alpha value is -0.450. The maximum Gasteiger partial charge on any atom is 0.103 e. The Morgan fingerprint density at radius 3 is 3.00 bits per heavy atom. The van der Waals surface area contributed by atoms with Crippen molar-refractivity contribution in [1.29, 1.82) is 0 Å². The van der Waals surface area contributed by atoms with Gasteiger partial charge in [-0.1, -0.05) is 0 Å². The molecule has 1 fully saturated rings. The van der Waals surface area contributed by atoms with E-state index in [-0.39, 0.29) is 11.5 Å². The third kappa shape index (κ3) is 1.38. The van der Waals surface area contributed by atoms with Gasteiger partial charge in [0.05, 0.1) is 11.5 Å². The Bertz CT molecular complexity index is 326. The van der Waals surface area contributed by atoms with Gasteiger partial charge < -0.3 is 10.8 Å². The van der Waals surface area contributed by atoms with Crippen molar-refractivity contribution in [3.63, 3.8) is 0 Å². The molecule has 0 aromatic carbocycles. The fourth-order valence-corrected chi connectivity index (χ4v) is 3.30. The van der Waals surface area contributed by atoms with E-state index in [1.54, 1.807) is 11.3 Å². The van der Waals surface area contributed by atoms with E-state index >= 15 is 0 Å². The zero-order valence-corrected chi connectivity index (χ0v) is 9.18. The molecule has 0 spiro atoms. The van der Waals surface area contributed by atoms with Crippen molar-refractivity contribution < 1.29 is 5.11 Å². The molecule has 78 valence electrons. The van der Waals surface area contributed by atoms with Crippen molar-refractivity contribution in [3.05, 3.63) is 16.1 Å². The molecule has 14 heavy (non-hydrogen) atoms. The van der Waals surface area contributed by atoms with E-state index in [0.717, 1.165) is 30.0 Å². The Balaban J connectivity index is 2.37. The van der Waals surface area contributed by atoms with E-state index in [1.807, 2.05) is 12.3 Å². The molecule has 0 radical (unpaired) electrons. The van der Waals surface area contributed by atoms with Crippen LogP contribution in [0.1, 0.15) is 30.0 Å². The summed E-state index contributed by atoms with van der Waals surface area (Å²) in [5.41, 5.74) is 6.58. The molecule has 0 amide bonds. The minimum absolute atomic E-state index is 0.251. The lowest BCUT2D eigenvalue weighted by molar-refractivity contribution is 0.110. The van der Waals surface area contributed by atoms with Gasteiger partial charge in [0.1, 0.15) is 5.01 Å². The van der Waals surface area contributed by atoms with Crippen molar-refractivity contribution in [2.24, 2.45) is 5.73 Å². The molecule has 3 N–H and O–H groups in total. The van der Waals surface area contributed by atoms with Crippen LogP contribution in [0.15, 0.2) is 5.38 Å². The predicted molar refractivity (Wildman–Crippen MR) is 57.4 cm³/mol. The molecule has 1 aliphatic rings. The summed E-state index contributed by atoms with van der Waals surface area (Å²) in [6, 6.07) is 0. The molecule has 3 nitrogen and oxygen atoms in total. The second-order valence-electron chi connectivity index (χ2n) is 4.06. The average Bonchev–Trinajstić information content (AvgIpc) is 2.73. The molecule has 1 heterocycles. The van der Waals surface area contributed by atoms with E-state index in [0.29, 0.717) is 6.54 Å². The normalized spacial score (nSPS) is 32.4. The lowest BCUT2D eigenvalue weighted by atomic mass is 9.85. The summed E-state index contributed by atoms with van der Waals surface area (Å²) >= 11 is 1.62. The van der Waals surface area contributed by atoms with Crippen molar-refractivity contribution in [1.82, 2.24) is 4.98 Å². The van der Waals surface area contributed by atoms with E-state index in [4.69, 9.17) is 5.73 Å². The van der Waals surface area contributed by atoms with Crippen LogP contribution in [0, 0.1) is 6.92 Å². The predicted octanol–water partition coefficient (Wildman–Crippen LogP) is 1.19. The van der Waals surface area contributed by atoms with Gasteiger partial charge in [-0.15, -0.1) is 11.3 Å². The molecule has 1 aromatic heterocycles. The minimum atomic E-state index is -0.307. The van der Waals surface area contributed by atoms with Gasteiger partial charge in [0.15, 0.2) is 0 Å². The van der Waals surface area contributed by atoms with Gasteiger partial charge in [-0.2, -0.15) is 0 Å². The molecule has 0 aliphatic heterocycles. The first-order chi connectivity index (χ1) is 6.69. The van der Waals surface area contributed by atoms with Crippen LogP contribution >= 0.6 is 11.3 Å². The smallest absolute Gasteiger partial charge is 0.103 e. The van der Waals surface area contributed by atoms with Crippen molar-refractivity contribution in [2.45, 2.75) is 37.7 Å². The fourth-order valence-electron chi connectivity index (χ4n) is 2.21. The Kier molecular flexibility index (Phi) is 2.60. The number of rotatable bonds is 2. The monoisotopic (exact) mass is 212 g/mol. The molecule has 2 unspecified atom stereocenters. The summed E-state index contributed by atoms with van der Waals surface area (Å²) in [7, 11) is 0. The average molecular weight is 212 g/mol. The summed E-state index contributed by atoms with van der Waals surface area (Å²) in [6.07, 6.45) is 2.57. The van der Waals surface area contributed by atoms with Crippen molar-refractivity contribution in [3.8, 4) is 0 Å². The van der Waals surface area contributed by atoms with Gasteiger partial charge in [-0.3, -0.25) is 0 Å². The maximum absolute atomic E-state index is 9.99. The number of aryl methyl sites for hydroxylation is 1. The van der Waals surface area contributed by atoms with Gasteiger partial charge in [0.25, 0.3) is 0 Å². The molecule has 4 heteroatoms. The molecule has 1 aliphatic carbocycles. The zero-order valence-electron chi connectivity index (χ0n) is 8.36. The van der Waals surface area contributed by atoms with E-state index in [2.05, 4.69) is 4.98 Å². The van der Waals surface area contributed by atoms with Crippen LogP contribution in [0.4, 0.5) is 0 Å². The third-order valence-electron chi connectivity index (χ3n) is 3.15. The minimum Gasteiger partial charge on any atom is -0.392 e. The highest BCUT2D eigenvalue weighted by Gasteiger charge is 2.44. The van der Waals surface area contributed by atoms with E-state index < -0.39 is 0 Å². The van der Waals surface area contributed by atoms with Gasteiger partial charge in [0.2, 0.25) is 0 Å². The molecule has 0 saturated heterocycles. The summed E-state index contributed by atoms with van der Waals surface area (Å²) in [5.74, 6) is 0. The van der Waals surface area contributed by atoms with Crippen LogP contribution in [-0.2, 0) is 5.41 Å². The lowest BCUT2D eigenvalue weighted by Crippen LogP contribution is -2.41. The number of aromatic nitrogens is 1. The van der Waals surface area contributed by atoms with E-state index in [1.165, 1.54) is 0 Å². The van der Waals surface area contributed by atoms with Crippen LogP contribution in [0.25, 0.3) is 0 Å². The van der Waals surface area contributed by atoms with Crippen LogP contribution < -0.4 is 5.73 Å². The standard InChI is InChI=1S/C10H16N2OS/c1-7-5-14-9(12-7)10(6-11)4-2-3-8(10)13/h5,8,13H,2-4,6,11H2,1H3. The Labute approximate surface area is 88.0 Å². The first-order valence-electron chi connectivity index (χ1n) is 5.00. The molecule has 2 atom stereocenters. The van der Waals surface area contributed by atoms with E-state index in [9.17, 15) is 5.11 Å². The molecule has 1 saturated carbocycles. The van der Waals surface area contributed by atoms with Gasteiger partial charge in [0, 0.05) is 17.6 Å². The first-order valence-corrected chi connectivity index (χ1v) is 5.88. The number of hydrogen-bond acceptors (Lipinski definition) is 4. The SMILES string of the molecule is Cc1csc(C2(CN)CCCC2O)n1. The van der Waals surface area contributed by atoms with Crippen LogP contribution in [0.3, 0.4) is 0 Å². The Morgan fingerprint density at radius 2 is 2.57 bits per heavy atom. The van der Waals surface area contributed by atoms with Crippen molar-refractivity contribution in [2.75, 3.05) is 6.54 Å². The largest absolute Gasteiger partial charge is 0.392 e. The molecule has 0 bridgehead atoms. The maximum atomic E-state index is 9.99. The topological polar surface area (TPSA) is 59.1 Å².